The van der Waals surface area contributed by atoms with E-state index in [1.165, 1.54) is 12.0 Å². The summed E-state index contributed by atoms with van der Waals surface area (Å²) in [5.41, 5.74) is 5.32. The van der Waals surface area contributed by atoms with Crippen LogP contribution >= 0.6 is 0 Å². The van der Waals surface area contributed by atoms with Crippen molar-refractivity contribution in [3.05, 3.63) is 95.6 Å². The molecule has 1 aliphatic carbocycles. The molecule has 0 saturated heterocycles. The molecular weight excluding hydrogens is 560 g/mol. The highest BCUT2D eigenvalue weighted by Gasteiger charge is 2.30. The Bertz CT molecular complexity index is 1350. The van der Waals surface area contributed by atoms with Crippen LogP contribution in [0.3, 0.4) is 0 Å². The molecule has 0 spiro atoms. The topological polar surface area (TPSA) is 94.2 Å². The summed E-state index contributed by atoms with van der Waals surface area (Å²) < 4.78 is 11.2. The molecule has 8 nitrogen and oxygen atoms in total. The van der Waals surface area contributed by atoms with Crippen LogP contribution in [0.1, 0.15) is 42.4 Å². The molecule has 2 amide bonds. The third kappa shape index (κ3) is 9.27. The standard InChI is InChI=1S/C34H42N2O6Si/c1-25(37)36(42-21-22-43(2,3)4)20-12-19-32(33(38)40-23-26-13-6-5-7-14-26)35-34(39)41-24-31-29-17-10-8-15-27(29)28-16-9-11-18-30(28)31/h5-11,13-18,31-32H,12,19-24H2,1-4H3,(H,35,39)/t32-/m0/s1. The second kappa shape index (κ2) is 15.0. The number of nitrogens with zero attached hydrogens (tertiary/aromatic N) is 1. The van der Waals surface area contributed by atoms with Gasteiger partial charge in [0.05, 0.1) is 6.61 Å². The van der Waals surface area contributed by atoms with Crippen LogP contribution in [0.25, 0.3) is 11.1 Å². The number of rotatable bonds is 14. The molecule has 1 aliphatic rings. The van der Waals surface area contributed by atoms with Crippen LogP contribution in [0, 0.1) is 0 Å². The summed E-state index contributed by atoms with van der Waals surface area (Å²) in [5.74, 6) is -0.867. The SMILES string of the molecule is CC(=O)N(CCC[C@H](NC(=O)OCC1c2ccccc2-c2ccccc21)C(=O)OCc1ccccc1)OCC[Si](C)(C)C. The number of hydrogen-bond acceptors (Lipinski definition) is 6. The molecule has 3 aromatic carbocycles. The Labute approximate surface area is 255 Å². The molecule has 0 heterocycles. The van der Waals surface area contributed by atoms with Crippen molar-refractivity contribution in [1.29, 1.82) is 0 Å². The third-order valence-electron chi connectivity index (χ3n) is 7.45. The first-order chi connectivity index (χ1) is 20.6. The Hall–Kier alpha value is -3.95. The summed E-state index contributed by atoms with van der Waals surface area (Å²) in [6.45, 7) is 9.16. The Morgan fingerprint density at radius 2 is 1.47 bits per heavy atom. The van der Waals surface area contributed by atoms with E-state index in [1.54, 1.807) is 0 Å². The average Bonchev–Trinajstić information content (AvgIpc) is 3.31. The molecule has 3 aromatic rings. The number of esters is 1. The van der Waals surface area contributed by atoms with Gasteiger partial charge < -0.3 is 14.8 Å². The largest absolute Gasteiger partial charge is 0.459 e. The maximum Gasteiger partial charge on any atom is 0.407 e. The molecule has 0 unspecified atom stereocenters. The summed E-state index contributed by atoms with van der Waals surface area (Å²) in [6, 6.07) is 25.6. The van der Waals surface area contributed by atoms with Crippen molar-refractivity contribution in [2.75, 3.05) is 19.8 Å². The summed E-state index contributed by atoms with van der Waals surface area (Å²) >= 11 is 0. The molecular formula is C34H42N2O6Si. The fourth-order valence-corrected chi connectivity index (χ4v) is 5.78. The monoisotopic (exact) mass is 602 g/mol. The van der Waals surface area contributed by atoms with E-state index in [1.807, 2.05) is 54.6 Å². The van der Waals surface area contributed by atoms with Crippen LogP contribution < -0.4 is 5.32 Å². The number of hydrogen-bond donors (Lipinski definition) is 1. The van der Waals surface area contributed by atoms with Gasteiger partial charge in [0, 0.05) is 27.5 Å². The number of fused-ring (bicyclic) bond motifs is 3. The Morgan fingerprint density at radius 3 is 2.07 bits per heavy atom. The molecule has 1 N–H and O–H groups in total. The smallest absolute Gasteiger partial charge is 0.407 e. The van der Waals surface area contributed by atoms with Gasteiger partial charge in [0.2, 0.25) is 5.91 Å². The second-order valence-electron chi connectivity index (χ2n) is 12.0. The van der Waals surface area contributed by atoms with E-state index < -0.39 is 26.2 Å². The number of benzene rings is 3. The third-order valence-corrected chi connectivity index (χ3v) is 9.15. The van der Waals surface area contributed by atoms with Crippen molar-refractivity contribution in [3.8, 4) is 11.1 Å². The highest BCUT2D eigenvalue weighted by Crippen LogP contribution is 2.44. The van der Waals surface area contributed by atoms with Gasteiger partial charge >= 0.3 is 12.1 Å². The predicted octanol–water partition coefficient (Wildman–Crippen LogP) is 6.54. The molecule has 0 bridgehead atoms. The maximum absolute atomic E-state index is 13.1. The van der Waals surface area contributed by atoms with Crippen molar-refractivity contribution in [3.63, 3.8) is 0 Å². The van der Waals surface area contributed by atoms with Crippen molar-refractivity contribution >= 4 is 26.0 Å². The molecule has 0 radical (unpaired) electrons. The van der Waals surface area contributed by atoms with Gasteiger partial charge in [0.1, 0.15) is 19.3 Å². The highest BCUT2D eigenvalue weighted by atomic mass is 28.3. The van der Waals surface area contributed by atoms with Crippen LogP contribution in [0.2, 0.25) is 25.7 Å². The van der Waals surface area contributed by atoms with E-state index in [0.29, 0.717) is 13.0 Å². The van der Waals surface area contributed by atoms with Crippen LogP contribution in [-0.2, 0) is 30.5 Å². The van der Waals surface area contributed by atoms with Gasteiger partial charge in [-0.2, -0.15) is 0 Å². The minimum absolute atomic E-state index is 0.0852. The molecule has 9 heteroatoms. The average molecular weight is 603 g/mol. The first kappa shape index (κ1) is 32.0. The number of nitrogens with one attached hydrogen (secondary N) is 1. The molecule has 0 aromatic heterocycles. The lowest BCUT2D eigenvalue weighted by Crippen LogP contribution is -2.43. The van der Waals surface area contributed by atoms with Crippen molar-refractivity contribution in [2.45, 2.75) is 64.0 Å². The second-order valence-corrected chi connectivity index (χ2v) is 17.6. The van der Waals surface area contributed by atoms with Gasteiger partial charge in [0.15, 0.2) is 0 Å². The van der Waals surface area contributed by atoms with Crippen molar-refractivity contribution in [2.24, 2.45) is 0 Å². The van der Waals surface area contributed by atoms with E-state index in [0.717, 1.165) is 33.9 Å². The molecule has 1 atom stereocenters. The first-order valence-electron chi connectivity index (χ1n) is 14.9. The van der Waals surface area contributed by atoms with Gasteiger partial charge in [-0.3, -0.25) is 9.63 Å². The van der Waals surface area contributed by atoms with Crippen LogP contribution in [0.15, 0.2) is 78.9 Å². The van der Waals surface area contributed by atoms with Gasteiger partial charge in [-0.05, 0) is 46.7 Å². The Morgan fingerprint density at radius 1 is 0.860 bits per heavy atom. The molecule has 0 aliphatic heterocycles. The van der Waals surface area contributed by atoms with E-state index >= 15 is 0 Å². The lowest BCUT2D eigenvalue weighted by atomic mass is 9.98. The molecule has 0 fully saturated rings. The zero-order valence-corrected chi connectivity index (χ0v) is 26.5. The maximum atomic E-state index is 13.1. The highest BCUT2D eigenvalue weighted by molar-refractivity contribution is 6.76. The number of carbonyl (C=O) groups excluding carboxylic acids is 3. The van der Waals surface area contributed by atoms with E-state index in [-0.39, 0.29) is 38.0 Å². The summed E-state index contributed by atoms with van der Waals surface area (Å²) in [6.07, 6.45) is -0.0291. The van der Waals surface area contributed by atoms with Crippen molar-refractivity contribution in [1.82, 2.24) is 10.4 Å². The van der Waals surface area contributed by atoms with Crippen LogP contribution in [-0.4, -0.2) is 56.9 Å². The minimum Gasteiger partial charge on any atom is -0.459 e. The minimum atomic E-state index is -1.32. The van der Waals surface area contributed by atoms with Gasteiger partial charge in [-0.25, -0.2) is 14.7 Å². The number of carbonyl (C=O) groups is 3. The zero-order valence-electron chi connectivity index (χ0n) is 25.5. The molecule has 4 rings (SSSR count). The zero-order chi connectivity index (χ0) is 30.8. The normalized spacial score (nSPS) is 13.0. The fraction of sp³-hybridized carbons (Fsp3) is 0.382. The summed E-state index contributed by atoms with van der Waals surface area (Å²) in [7, 11) is -1.32. The van der Waals surface area contributed by atoms with E-state index in [2.05, 4.69) is 49.2 Å². The molecule has 228 valence electrons. The van der Waals surface area contributed by atoms with Gasteiger partial charge in [-0.15, -0.1) is 0 Å². The lowest BCUT2D eigenvalue weighted by Gasteiger charge is -2.24. The quantitative estimate of drug-likeness (QED) is 0.128. The lowest BCUT2D eigenvalue weighted by molar-refractivity contribution is -0.182. The number of ether oxygens (including phenoxy) is 2. The van der Waals surface area contributed by atoms with Gasteiger partial charge in [-0.1, -0.05) is 98.5 Å². The van der Waals surface area contributed by atoms with E-state index in [9.17, 15) is 14.4 Å². The Balaban J connectivity index is 1.37. The fourth-order valence-electron chi connectivity index (χ4n) is 5.07. The summed E-state index contributed by atoms with van der Waals surface area (Å²) in [4.78, 5) is 44.1. The number of amides is 2. The molecule has 43 heavy (non-hydrogen) atoms. The van der Waals surface area contributed by atoms with Crippen molar-refractivity contribution < 1.29 is 28.7 Å². The van der Waals surface area contributed by atoms with Crippen LogP contribution in [0.4, 0.5) is 4.79 Å². The van der Waals surface area contributed by atoms with E-state index in [4.69, 9.17) is 14.3 Å². The number of alkyl carbamates (subject to hydrolysis) is 1. The molecule has 0 saturated carbocycles. The summed E-state index contributed by atoms with van der Waals surface area (Å²) in [5, 5.41) is 4.05. The Kier molecular flexibility index (Phi) is 11.1. The van der Waals surface area contributed by atoms with Gasteiger partial charge in [0.25, 0.3) is 0 Å². The first-order valence-corrected chi connectivity index (χ1v) is 18.6. The predicted molar refractivity (Wildman–Crippen MR) is 169 cm³/mol. The number of hydroxylamine groups is 2. The van der Waals surface area contributed by atoms with Crippen LogP contribution in [0.5, 0.6) is 0 Å².